The molecule has 1 aromatic carbocycles. The molecule has 0 spiro atoms. The summed E-state index contributed by atoms with van der Waals surface area (Å²) in [5.41, 5.74) is 1.14. The summed E-state index contributed by atoms with van der Waals surface area (Å²) in [4.78, 5) is 34.8. The SMILES string of the molecule is CC(=O)Nc1ccc(NC(=O)C(C)OC(=O)c2ccc(C)o2)cc1. The highest BCUT2D eigenvalue weighted by Crippen LogP contribution is 2.15. The quantitative estimate of drug-likeness (QED) is 0.822. The number of nitrogens with one attached hydrogen (secondary N) is 2. The van der Waals surface area contributed by atoms with E-state index in [4.69, 9.17) is 9.15 Å². The van der Waals surface area contributed by atoms with Crippen molar-refractivity contribution in [2.75, 3.05) is 10.6 Å². The summed E-state index contributed by atoms with van der Waals surface area (Å²) in [5.74, 6) is -0.726. The van der Waals surface area contributed by atoms with E-state index in [1.807, 2.05) is 0 Å². The minimum atomic E-state index is -0.988. The number of anilines is 2. The van der Waals surface area contributed by atoms with E-state index >= 15 is 0 Å². The fraction of sp³-hybridized carbons (Fsp3) is 0.235. The lowest BCUT2D eigenvalue weighted by atomic mass is 10.2. The number of benzene rings is 1. The van der Waals surface area contributed by atoms with Crippen molar-refractivity contribution in [1.82, 2.24) is 0 Å². The van der Waals surface area contributed by atoms with E-state index in [0.717, 1.165) is 0 Å². The Morgan fingerprint density at radius 1 is 1.00 bits per heavy atom. The molecule has 0 aliphatic rings. The van der Waals surface area contributed by atoms with Crippen molar-refractivity contribution in [1.29, 1.82) is 0 Å². The van der Waals surface area contributed by atoms with E-state index in [1.54, 1.807) is 37.3 Å². The van der Waals surface area contributed by atoms with Gasteiger partial charge < -0.3 is 19.8 Å². The average molecular weight is 330 g/mol. The second-order valence-electron chi connectivity index (χ2n) is 5.21. The zero-order chi connectivity index (χ0) is 17.7. The molecule has 0 saturated carbocycles. The van der Waals surface area contributed by atoms with Gasteiger partial charge in [-0.1, -0.05) is 0 Å². The number of rotatable bonds is 5. The number of aryl methyl sites for hydroxylation is 1. The molecular formula is C17H18N2O5. The Labute approximate surface area is 139 Å². The zero-order valence-electron chi connectivity index (χ0n) is 13.6. The summed E-state index contributed by atoms with van der Waals surface area (Å²) >= 11 is 0. The van der Waals surface area contributed by atoms with Crippen molar-refractivity contribution in [2.45, 2.75) is 26.9 Å². The van der Waals surface area contributed by atoms with E-state index < -0.39 is 18.0 Å². The molecule has 0 radical (unpaired) electrons. The smallest absolute Gasteiger partial charge is 0.375 e. The van der Waals surface area contributed by atoms with E-state index in [-0.39, 0.29) is 11.7 Å². The standard InChI is InChI=1S/C17H18N2O5/c1-10-4-9-15(23-10)17(22)24-11(2)16(21)19-14-7-5-13(6-8-14)18-12(3)20/h4-9,11H,1-3H3,(H,18,20)(H,19,21). The Morgan fingerprint density at radius 2 is 1.58 bits per heavy atom. The first kappa shape index (κ1) is 17.3. The average Bonchev–Trinajstić information content (AvgIpc) is 2.95. The lowest BCUT2D eigenvalue weighted by Crippen LogP contribution is -2.29. The maximum Gasteiger partial charge on any atom is 0.375 e. The van der Waals surface area contributed by atoms with Crippen molar-refractivity contribution < 1.29 is 23.5 Å². The number of amides is 2. The molecule has 0 aliphatic heterocycles. The fourth-order valence-corrected chi connectivity index (χ4v) is 1.90. The van der Waals surface area contributed by atoms with Gasteiger partial charge in [-0.25, -0.2) is 4.79 Å². The van der Waals surface area contributed by atoms with Gasteiger partial charge in [-0.2, -0.15) is 0 Å². The normalized spacial score (nSPS) is 11.5. The molecule has 0 fully saturated rings. The van der Waals surface area contributed by atoms with Crippen LogP contribution in [-0.2, 0) is 14.3 Å². The van der Waals surface area contributed by atoms with Gasteiger partial charge in [-0.15, -0.1) is 0 Å². The Morgan fingerprint density at radius 3 is 2.08 bits per heavy atom. The van der Waals surface area contributed by atoms with Crippen LogP contribution < -0.4 is 10.6 Å². The van der Waals surface area contributed by atoms with E-state index in [2.05, 4.69) is 10.6 Å². The molecule has 24 heavy (non-hydrogen) atoms. The first-order valence-corrected chi connectivity index (χ1v) is 7.31. The van der Waals surface area contributed by atoms with Gasteiger partial charge in [0.2, 0.25) is 11.7 Å². The van der Waals surface area contributed by atoms with Crippen LogP contribution in [-0.4, -0.2) is 23.9 Å². The second kappa shape index (κ2) is 7.45. The minimum absolute atomic E-state index is 0.0480. The first-order valence-electron chi connectivity index (χ1n) is 7.31. The zero-order valence-corrected chi connectivity index (χ0v) is 13.6. The minimum Gasteiger partial charge on any atom is -0.454 e. The van der Waals surface area contributed by atoms with Crippen LogP contribution >= 0.6 is 0 Å². The highest BCUT2D eigenvalue weighted by atomic mass is 16.6. The van der Waals surface area contributed by atoms with Crippen LogP contribution in [0.1, 0.15) is 30.2 Å². The molecular weight excluding hydrogens is 312 g/mol. The Bertz CT molecular complexity index is 749. The van der Waals surface area contributed by atoms with Gasteiger partial charge in [-0.3, -0.25) is 9.59 Å². The van der Waals surface area contributed by atoms with Crippen molar-refractivity contribution in [3.05, 3.63) is 47.9 Å². The molecule has 2 amide bonds. The van der Waals surface area contributed by atoms with Crippen LogP contribution in [0, 0.1) is 6.92 Å². The maximum atomic E-state index is 12.1. The lowest BCUT2D eigenvalue weighted by Gasteiger charge is -2.13. The van der Waals surface area contributed by atoms with Gasteiger partial charge >= 0.3 is 5.97 Å². The topological polar surface area (TPSA) is 97.6 Å². The summed E-state index contributed by atoms with van der Waals surface area (Å²) < 4.78 is 10.2. The predicted octanol–water partition coefficient (Wildman–Crippen LogP) is 2.73. The van der Waals surface area contributed by atoms with Crippen molar-refractivity contribution >= 4 is 29.2 Å². The number of furan rings is 1. The molecule has 1 heterocycles. The van der Waals surface area contributed by atoms with Crippen LogP contribution in [0.15, 0.2) is 40.8 Å². The van der Waals surface area contributed by atoms with Crippen LogP contribution in [0.2, 0.25) is 0 Å². The molecule has 2 aromatic rings. The van der Waals surface area contributed by atoms with Crippen LogP contribution in [0.5, 0.6) is 0 Å². The largest absolute Gasteiger partial charge is 0.454 e. The molecule has 126 valence electrons. The third-order valence-electron chi connectivity index (χ3n) is 3.07. The van der Waals surface area contributed by atoms with Gasteiger partial charge in [0.05, 0.1) is 0 Å². The molecule has 7 nitrogen and oxygen atoms in total. The molecule has 0 saturated heterocycles. The lowest BCUT2D eigenvalue weighted by molar-refractivity contribution is -0.123. The van der Waals surface area contributed by atoms with E-state index in [9.17, 15) is 14.4 Å². The van der Waals surface area contributed by atoms with E-state index in [0.29, 0.717) is 17.1 Å². The number of esters is 1. The van der Waals surface area contributed by atoms with E-state index in [1.165, 1.54) is 19.9 Å². The van der Waals surface area contributed by atoms with Gasteiger partial charge in [0, 0.05) is 18.3 Å². The summed E-state index contributed by atoms with van der Waals surface area (Å²) in [6.07, 6.45) is -0.988. The fourth-order valence-electron chi connectivity index (χ4n) is 1.90. The monoisotopic (exact) mass is 330 g/mol. The van der Waals surface area contributed by atoms with Crippen LogP contribution in [0.4, 0.5) is 11.4 Å². The summed E-state index contributed by atoms with van der Waals surface area (Å²) in [7, 11) is 0. The van der Waals surface area contributed by atoms with Crippen molar-refractivity contribution in [3.8, 4) is 0 Å². The highest BCUT2D eigenvalue weighted by molar-refractivity contribution is 5.97. The molecule has 2 N–H and O–H groups in total. The van der Waals surface area contributed by atoms with Gasteiger partial charge in [-0.05, 0) is 50.2 Å². The third-order valence-corrected chi connectivity index (χ3v) is 3.07. The Kier molecular flexibility index (Phi) is 5.36. The highest BCUT2D eigenvalue weighted by Gasteiger charge is 2.21. The number of ether oxygens (including phenoxy) is 1. The Hall–Kier alpha value is -3.09. The van der Waals surface area contributed by atoms with Crippen molar-refractivity contribution in [2.24, 2.45) is 0 Å². The summed E-state index contributed by atoms with van der Waals surface area (Å²) in [5, 5.41) is 5.25. The van der Waals surface area contributed by atoms with Gasteiger partial charge in [0.1, 0.15) is 5.76 Å². The van der Waals surface area contributed by atoms with Gasteiger partial charge in [0.25, 0.3) is 5.91 Å². The molecule has 0 aliphatic carbocycles. The van der Waals surface area contributed by atoms with Crippen LogP contribution in [0.3, 0.4) is 0 Å². The molecule has 1 aromatic heterocycles. The molecule has 1 unspecified atom stereocenters. The molecule has 7 heteroatoms. The number of hydrogen-bond donors (Lipinski definition) is 2. The summed E-state index contributed by atoms with van der Waals surface area (Å²) in [6, 6.07) is 9.70. The van der Waals surface area contributed by atoms with Gasteiger partial charge in [0.15, 0.2) is 6.10 Å². The summed E-state index contributed by atoms with van der Waals surface area (Å²) in [6.45, 7) is 4.58. The molecule has 2 rings (SSSR count). The van der Waals surface area contributed by atoms with Crippen LogP contribution in [0.25, 0.3) is 0 Å². The molecule has 1 atom stereocenters. The number of carbonyl (C=O) groups excluding carboxylic acids is 3. The Balaban J connectivity index is 1.91. The third kappa shape index (κ3) is 4.70. The molecule has 0 bridgehead atoms. The van der Waals surface area contributed by atoms with Crippen molar-refractivity contribution in [3.63, 3.8) is 0 Å². The number of hydrogen-bond acceptors (Lipinski definition) is 5. The number of carbonyl (C=O) groups is 3. The maximum absolute atomic E-state index is 12.1. The predicted molar refractivity (Wildman–Crippen MR) is 87.7 cm³/mol. The second-order valence-corrected chi connectivity index (χ2v) is 5.21. The first-order chi connectivity index (χ1) is 11.3.